The van der Waals surface area contributed by atoms with Crippen LogP contribution >= 0.6 is 21.6 Å². The molecule has 1 aromatic rings. The smallest absolute Gasteiger partial charge is 0.267 e. The van der Waals surface area contributed by atoms with Crippen molar-refractivity contribution in [1.82, 2.24) is 4.98 Å². The van der Waals surface area contributed by atoms with Gasteiger partial charge in [-0.1, -0.05) is 21.6 Å². The molecule has 0 unspecified atom stereocenters. The van der Waals surface area contributed by atoms with E-state index in [1.165, 1.54) is 0 Å². The number of amides is 1. The lowest BCUT2D eigenvalue weighted by molar-refractivity contribution is 0.0995. The number of carbonyl (C=O) groups is 1. The summed E-state index contributed by atoms with van der Waals surface area (Å²) in [5, 5.41) is 0. The first kappa shape index (κ1) is 7.94. The average molecular weight is 198 g/mol. The van der Waals surface area contributed by atoms with E-state index in [-0.39, 0.29) is 0 Å². The van der Waals surface area contributed by atoms with Gasteiger partial charge < -0.3 is 5.73 Å². The molecule has 0 bridgehead atoms. The van der Waals surface area contributed by atoms with Crippen molar-refractivity contribution < 1.29 is 4.79 Å². The Morgan fingerprint density at radius 2 is 2.42 bits per heavy atom. The van der Waals surface area contributed by atoms with Crippen LogP contribution in [-0.2, 0) is 5.75 Å². The zero-order chi connectivity index (χ0) is 8.55. The van der Waals surface area contributed by atoms with Gasteiger partial charge in [0.05, 0.1) is 5.69 Å². The highest BCUT2D eigenvalue weighted by molar-refractivity contribution is 8.76. The number of pyridine rings is 1. The molecule has 1 amide bonds. The second-order valence-electron chi connectivity index (χ2n) is 2.35. The topological polar surface area (TPSA) is 56.0 Å². The van der Waals surface area contributed by atoms with Gasteiger partial charge in [0, 0.05) is 10.6 Å². The second-order valence-corrected chi connectivity index (χ2v) is 4.69. The highest BCUT2D eigenvalue weighted by Gasteiger charge is 2.15. The van der Waals surface area contributed by atoms with E-state index >= 15 is 0 Å². The molecule has 12 heavy (non-hydrogen) atoms. The summed E-state index contributed by atoms with van der Waals surface area (Å²) in [6.07, 6.45) is 0. The number of nitrogens with two attached hydrogens (primary N) is 1. The lowest BCUT2D eigenvalue weighted by Gasteiger charge is -1.97. The number of nitrogens with zero attached hydrogens (tertiary/aromatic N) is 1. The van der Waals surface area contributed by atoms with Gasteiger partial charge in [-0.05, 0) is 12.1 Å². The molecule has 0 atom stereocenters. The van der Waals surface area contributed by atoms with Gasteiger partial charge in [0.1, 0.15) is 5.69 Å². The van der Waals surface area contributed by atoms with Crippen molar-refractivity contribution in [3.63, 3.8) is 0 Å². The molecule has 0 radical (unpaired) electrons. The molecule has 2 rings (SSSR count). The van der Waals surface area contributed by atoms with Crippen molar-refractivity contribution in [2.45, 2.75) is 10.6 Å². The van der Waals surface area contributed by atoms with Crippen LogP contribution in [-0.4, -0.2) is 10.9 Å². The van der Waals surface area contributed by atoms with Crippen LogP contribution in [0.4, 0.5) is 0 Å². The Morgan fingerprint density at radius 3 is 3.17 bits per heavy atom. The summed E-state index contributed by atoms with van der Waals surface area (Å²) in [5.41, 5.74) is 6.42. The number of primary amides is 1. The van der Waals surface area contributed by atoms with Gasteiger partial charge in [0.25, 0.3) is 5.91 Å². The SMILES string of the molecule is NC(=O)c1ccc2c(n1)CSS2. The van der Waals surface area contributed by atoms with Crippen molar-refractivity contribution in [3.8, 4) is 0 Å². The van der Waals surface area contributed by atoms with Gasteiger partial charge in [0.2, 0.25) is 0 Å². The van der Waals surface area contributed by atoms with Crippen molar-refractivity contribution >= 4 is 27.5 Å². The lowest BCUT2D eigenvalue weighted by atomic mass is 10.3. The number of fused-ring (bicyclic) bond motifs is 1. The van der Waals surface area contributed by atoms with Gasteiger partial charge in [-0.3, -0.25) is 4.79 Å². The number of carbonyl (C=O) groups excluding carboxylic acids is 1. The summed E-state index contributed by atoms with van der Waals surface area (Å²) in [5.74, 6) is 0.404. The van der Waals surface area contributed by atoms with E-state index in [2.05, 4.69) is 4.98 Å². The minimum absolute atomic E-state index is 0.358. The Kier molecular flexibility index (Phi) is 1.98. The monoisotopic (exact) mass is 198 g/mol. The predicted octanol–water partition coefficient (Wildman–Crippen LogP) is 1.43. The molecule has 5 heteroatoms. The maximum atomic E-state index is 10.7. The molecule has 2 heterocycles. The van der Waals surface area contributed by atoms with E-state index in [1.54, 1.807) is 27.7 Å². The van der Waals surface area contributed by atoms with Crippen molar-refractivity contribution in [3.05, 3.63) is 23.5 Å². The third-order valence-corrected chi connectivity index (χ3v) is 3.84. The molecule has 1 aliphatic rings. The second kappa shape index (κ2) is 2.99. The molecule has 0 saturated carbocycles. The van der Waals surface area contributed by atoms with Crippen LogP contribution in [0.5, 0.6) is 0 Å². The summed E-state index contributed by atoms with van der Waals surface area (Å²) in [6, 6.07) is 3.56. The van der Waals surface area contributed by atoms with E-state index in [9.17, 15) is 4.79 Å². The van der Waals surface area contributed by atoms with E-state index < -0.39 is 5.91 Å². The summed E-state index contributed by atoms with van der Waals surface area (Å²) in [7, 11) is 3.42. The van der Waals surface area contributed by atoms with E-state index in [0.717, 1.165) is 16.3 Å². The molecule has 0 fully saturated rings. The molecule has 0 aliphatic carbocycles. The largest absolute Gasteiger partial charge is 0.364 e. The molecule has 2 N–H and O–H groups in total. The van der Waals surface area contributed by atoms with Gasteiger partial charge in [-0.25, -0.2) is 4.98 Å². The number of aromatic nitrogens is 1. The van der Waals surface area contributed by atoms with E-state index in [4.69, 9.17) is 5.73 Å². The third-order valence-electron chi connectivity index (χ3n) is 1.53. The fourth-order valence-corrected chi connectivity index (χ4v) is 3.25. The van der Waals surface area contributed by atoms with Gasteiger partial charge >= 0.3 is 0 Å². The van der Waals surface area contributed by atoms with Gasteiger partial charge in [0.15, 0.2) is 0 Å². The lowest BCUT2D eigenvalue weighted by Crippen LogP contribution is -2.13. The summed E-state index contributed by atoms with van der Waals surface area (Å²) >= 11 is 0. The first-order chi connectivity index (χ1) is 5.77. The zero-order valence-corrected chi connectivity index (χ0v) is 7.74. The van der Waals surface area contributed by atoms with Gasteiger partial charge in [-0.15, -0.1) is 0 Å². The van der Waals surface area contributed by atoms with Crippen LogP contribution in [0.1, 0.15) is 16.2 Å². The quantitative estimate of drug-likeness (QED) is 0.694. The third kappa shape index (κ3) is 1.30. The highest BCUT2D eigenvalue weighted by Crippen LogP contribution is 2.42. The Morgan fingerprint density at radius 1 is 1.58 bits per heavy atom. The molecule has 1 aromatic heterocycles. The van der Waals surface area contributed by atoms with Crippen LogP contribution in [0.25, 0.3) is 0 Å². The molecule has 62 valence electrons. The molecule has 3 nitrogen and oxygen atoms in total. The molecule has 0 spiro atoms. The molecular weight excluding hydrogens is 192 g/mol. The molecule has 0 aromatic carbocycles. The van der Waals surface area contributed by atoms with Crippen LogP contribution in [0, 0.1) is 0 Å². The predicted molar refractivity (Wildman–Crippen MR) is 49.9 cm³/mol. The Labute approximate surface area is 77.5 Å². The summed E-state index contributed by atoms with van der Waals surface area (Å²) in [6.45, 7) is 0. The highest BCUT2D eigenvalue weighted by atomic mass is 33.1. The average Bonchev–Trinajstić information content (AvgIpc) is 2.49. The molecular formula is C7H6N2OS2. The number of hydrogen-bond donors (Lipinski definition) is 1. The fourth-order valence-electron chi connectivity index (χ4n) is 0.954. The molecule has 1 aliphatic heterocycles. The fraction of sp³-hybridized carbons (Fsp3) is 0.143. The minimum atomic E-state index is -0.459. The van der Waals surface area contributed by atoms with Crippen molar-refractivity contribution in [2.75, 3.05) is 0 Å². The summed E-state index contributed by atoms with van der Waals surface area (Å²) in [4.78, 5) is 16.0. The Hall–Kier alpha value is -0.680. The number of hydrogen-bond acceptors (Lipinski definition) is 4. The van der Waals surface area contributed by atoms with Crippen LogP contribution in [0.3, 0.4) is 0 Å². The van der Waals surface area contributed by atoms with Crippen molar-refractivity contribution in [2.24, 2.45) is 5.73 Å². The maximum Gasteiger partial charge on any atom is 0.267 e. The summed E-state index contributed by atoms with van der Waals surface area (Å²) < 4.78 is 0. The normalized spacial score (nSPS) is 14.3. The van der Waals surface area contributed by atoms with Crippen LogP contribution in [0.2, 0.25) is 0 Å². The molecule has 0 saturated heterocycles. The first-order valence-corrected chi connectivity index (χ1v) is 5.68. The van der Waals surface area contributed by atoms with Crippen molar-refractivity contribution in [1.29, 1.82) is 0 Å². The number of rotatable bonds is 1. The maximum absolute atomic E-state index is 10.7. The zero-order valence-electron chi connectivity index (χ0n) is 6.11. The Bertz CT molecular complexity index is 340. The van der Waals surface area contributed by atoms with E-state index in [0.29, 0.717) is 5.69 Å². The first-order valence-electron chi connectivity index (χ1n) is 3.36. The van der Waals surface area contributed by atoms with Crippen LogP contribution in [0.15, 0.2) is 17.0 Å². The standard InChI is InChI=1S/C7H6N2OS2/c8-7(10)4-1-2-6-5(9-4)3-11-12-6/h1-2H,3H2,(H2,8,10). The van der Waals surface area contributed by atoms with E-state index in [1.807, 2.05) is 6.07 Å². The van der Waals surface area contributed by atoms with Gasteiger partial charge in [-0.2, -0.15) is 0 Å². The minimum Gasteiger partial charge on any atom is -0.364 e. The Balaban J connectivity index is 2.45. The van der Waals surface area contributed by atoms with Crippen LogP contribution < -0.4 is 5.73 Å².